The summed E-state index contributed by atoms with van der Waals surface area (Å²) in [6.07, 6.45) is 6.71. The van der Waals surface area contributed by atoms with Crippen molar-refractivity contribution in [3.05, 3.63) is 64.7 Å². The zero-order valence-electron chi connectivity index (χ0n) is 21.7. The highest BCUT2D eigenvalue weighted by Gasteiger charge is 2.30. The number of ether oxygens (including phenoxy) is 1. The first-order valence-corrected chi connectivity index (χ1v) is 14.5. The number of hydrogen-bond acceptors (Lipinski definition) is 7. The SMILES string of the molecule is Nc1ncnc2c1c(-c1ccc3[nH]c(Cc4ccccc4Br)nc3c1)nn2[C@H]1CC[C@H](N2CCOCC2)CC1. The topological polar surface area (TPSA) is 111 Å². The molecule has 1 aliphatic carbocycles. The maximum Gasteiger partial charge on any atom is 0.164 e. The minimum Gasteiger partial charge on any atom is -0.383 e. The van der Waals surface area contributed by atoms with Gasteiger partial charge in [0, 0.05) is 35.6 Å². The molecule has 3 aromatic heterocycles. The number of aromatic amines is 1. The van der Waals surface area contributed by atoms with Crippen LogP contribution < -0.4 is 5.73 Å². The summed E-state index contributed by atoms with van der Waals surface area (Å²) in [6.45, 7) is 3.76. The number of anilines is 1. The summed E-state index contributed by atoms with van der Waals surface area (Å²) in [5, 5.41) is 5.95. The Kier molecular flexibility index (Phi) is 6.54. The van der Waals surface area contributed by atoms with Gasteiger partial charge in [-0.15, -0.1) is 0 Å². The number of H-pyrrole nitrogens is 1. The van der Waals surface area contributed by atoms with Crippen LogP contribution in [0, 0.1) is 0 Å². The molecule has 3 N–H and O–H groups in total. The Labute approximate surface area is 234 Å². The number of nitrogens with one attached hydrogen (secondary N) is 1. The van der Waals surface area contributed by atoms with Crippen LogP contribution in [-0.2, 0) is 11.2 Å². The Bertz CT molecular complexity index is 1630. The summed E-state index contributed by atoms with van der Waals surface area (Å²) >= 11 is 3.64. The number of halogens is 1. The smallest absolute Gasteiger partial charge is 0.164 e. The van der Waals surface area contributed by atoms with Gasteiger partial charge in [0.05, 0.1) is 35.7 Å². The van der Waals surface area contributed by atoms with Crippen LogP contribution in [0.2, 0.25) is 0 Å². The molecule has 2 aromatic carbocycles. The molecule has 0 amide bonds. The lowest BCUT2D eigenvalue weighted by atomic mass is 9.90. The van der Waals surface area contributed by atoms with Crippen molar-refractivity contribution in [3.8, 4) is 11.3 Å². The van der Waals surface area contributed by atoms with Crippen molar-refractivity contribution in [2.75, 3.05) is 32.0 Å². The van der Waals surface area contributed by atoms with Crippen LogP contribution in [0.1, 0.15) is 43.1 Å². The predicted molar refractivity (Wildman–Crippen MR) is 155 cm³/mol. The standard InChI is InChI=1S/C29H31BrN8O/c30-22-4-2-1-3-18(22)16-25-34-23-10-5-19(15-24(23)35-25)27-26-28(31)32-17-33-29(26)38(36-27)21-8-6-20(7-9-21)37-11-13-39-14-12-37/h1-5,10,15,17,20-21H,6-9,11-14,16H2,(H,34,35)(H2,31,32,33)/t20-,21-. The van der Waals surface area contributed by atoms with E-state index in [-0.39, 0.29) is 6.04 Å². The molecule has 5 aromatic rings. The molecule has 1 saturated heterocycles. The average Bonchev–Trinajstić information content (AvgIpc) is 3.56. The van der Waals surface area contributed by atoms with Crippen molar-refractivity contribution in [2.45, 2.75) is 44.2 Å². The Morgan fingerprint density at radius 1 is 1.00 bits per heavy atom. The summed E-state index contributed by atoms with van der Waals surface area (Å²) in [5.41, 5.74) is 12.1. The van der Waals surface area contributed by atoms with Crippen molar-refractivity contribution in [1.29, 1.82) is 0 Å². The van der Waals surface area contributed by atoms with E-state index in [1.807, 2.05) is 12.1 Å². The van der Waals surface area contributed by atoms with Gasteiger partial charge in [0.25, 0.3) is 0 Å². The number of imidazole rings is 1. The normalized spacial score (nSPS) is 20.6. The predicted octanol–water partition coefficient (Wildman–Crippen LogP) is 5.12. The van der Waals surface area contributed by atoms with E-state index in [1.54, 1.807) is 6.33 Å². The molecule has 7 rings (SSSR count). The lowest BCUT2D eigenvalue weighted by molar-refractivity contribution is 0.00520. The van der Waals surface area contributed by atoms with Gasteiger partial charge in [-0.2, -0.15) is 5.10 Å². The summed E-state index contributed by atoms with van der Waals surface area (Å²) in [5.74, 6) is 1.38. The van der Waals surface area contributed by atoms with Gasteiger partial charge < -0.3 is 15.5 Å². The third kappa shape index (κ3) is 4.70. The van der Waals surface area contributed by atoms with Crippen molar-refractivity contribution in [3.63, 3.8) is 0 Å². The van der Waals surface area contributed by atoms with Crippen molar-refractivity contribution in [1.82, 2.24) is 34.6 Å². The van der Waals surface area contributed by atoms with E-state index < -0.39 is 0 Å². The molecule has 200 valence electrons. The highest BCUT2D eigenvalue weighted by molar-refractivity contribution is 9.10. The molecule has 0 spiro atoms. The van der Waals surface area contributed by atoms with E-state index in [9.17, 15) is 0 Å². The van der Waals surface area contributed by atoms with Gasteiger partial charge in [-0.05, 0) is 49.4 Å². The molecule has 4 heterocycles. The molecule has 9 nitrogen and oxygen atoms in total. The molecule has 2 aliphatic rings. The molecule has 1 saturated carbocycles. The summed E-state index contributed by atoms with van der Waals surface area (Å²) in [6, 6.07) is 15.4. The van der Waals surface area contributed by atoms with Crippen LogP contribution >= 0.6 is 15.9 Å². The second-order valence-electron chi connectivity index (χ2n) is 10.5. The summed E-state index contributed by atoms with van der Waals surface area (Å²) in [4.78, 5) is 19.9. The first-order chi connectivity index (χ1) is 19.1. The van der Waals surface area contributed by atoms with Crippen LogP contribution in [0.25, 0.3) is 33.3 Å². The first-order valence-electron chi connectivity index (χ1n) is 13.7. The van der Waals surface area contributed by atoms with Crippen LogP contribution in [-0.4, -0.2) is 67.0 Å². The highest BCUT2D eigenvalue weighted by Crippen LogP contribution is 2.37. The first kappa shape index (κ1) is 24.7. The van der Waals surface area contributed by atoms with E-state index in [2.05, 4.69) is 70.8 Å². The van der Waals surface area contributed by atoms with Gasteiger partial charge in [0.1, 0.15) is 23.7 Å². The number of benzene rings is 2. The minimum atomic E-state index is 0.290. The lowest BCUT2D eigenvalue weighted by Crippen LogP contribution is -2.45. The fourth-order valence-corrected chi connectivity index (χ4v) is 6.60. The maximum absolute atomic E-state index is 6.42. The van der Waals surface area contributed by atoms with Gasteiger partial charge in [0.2, 0.25) is 0 Å². The van der Waals surface area contributed by atoms with Crippen LogP contribution in [0.3, 0.4) is 0 Å². The van der Waals surface area contributed by atoms with Gasteiger partial charge in [0.15, 0.2) is 5.65 Å². The zero-order valence-corrected chi connectivity index (χ0v) is 23.3. The van der Waals surface area contributed by atoms with E-state index in [4.69, 9.17) is 20.6 Å². The largest absolute Gasteiger partial charge is 0.383 e. The van der Waals surface area contributed by atoms with E-state index in [0.717, 1.165) is 102 Å². The van der Waals surface area contributed by atoms with Crippen LogP contribution in [0.5, 0.6) is 0 Å². The number of nitrogen functional groups attached to an aromatic ring is 1. The average molecular weight is 588 g/mol. The molecule has 0 unspecified atom stereocenters. The van der Waals surface area contributed by atoms with Gasteiger partial charge in [-0.3, -0.25) is 4.90 Å². The summed E-state index contributed by atoms with van der Waals surface area (Å²) in [7, 11) is 0. The van der Waals surface area contributed by atoms with Gasteiger partial charge in [-0.25, -0.2) is 19.6 Å². The van der Waals surface area contributed by atoms with E-state index >= 15 is 0 Å². The molecule has 10 heteroatoms. The minimum absolute atomic E-state index is 0.290. The third-order valence-corrected chi connectivity index (χ3v) is 8.99. The molecule has 39 heavy (non-hydrogen) atoms. The molecular formula is C29H31BrN8O. The molecular weight excluding hydrogens is 556 g/mol. The lowest BCUT2D eigenvalue weighted by Gasteiger charge is -2.38. The fourth-order valence-electron chi connectivity index (χ4n) is 6.17. The number of fused-ring (bicyclic) bond motifs is 2. The van der Waals surface area contributed by atoms with Crippen molar-refractivity contribution < 1.29 is 4.74 Å². The molecule has 0 radical (unpaired) electrons. The van der Waals surface area contributed by atoms with E-state index in [1.165, 1.54) is 5.56 Å². The van der Waals surface area contributed by atoms with Crippen molar-refractivity contribution >= 4 is 43.8 Å². The van der Waals surface area contributed by atoms with Crippen LogP contribution in [0.15, 0.2) is 53.3 Å². The number of nitrogens with two attached hydrogens (primary N) is 1. The number of nitrogens with zero attached hydrogens (tertiary/aromatic N) is 6. The molecule has 1 aliphatic heterocycles. The molecule has 2 fully saturated rings. The van der Waals surface area contributed by atoms with Gasteiger partial charge in [-0.1, -0.05) is 40.2 Å². The number of aromatic nitrogens is 6. The van der Waals surface area contributed by atoms with E-state index in [0.29, 0.717) is 11.9 Å². The number of hydrogen-bond donors (Lipinski definition) is 2. The monoisotopic (exact) mass is 586 g/mol. The number of rotatable bonds is 5. The maximum atomic E-state index is 6.42. The summed E-state index contributed by atoms with van der Waals surface area (Å²) < 4.78 is 8.74. The molecule has 0 bridgehead atoms. The Hall–Kier alpha value is -3.34. The van der Waals surface area contributed by atoms with Crippen molar-refractivity contribution in [2.24, 2.45) is 0 Å². The fraction of sp³-hybridized carbons (Fsp3) is 0.379. The Balaban J connectivity index is 1.19. The Morgan fingerprint density at radius 2 is 1.79 bits per heavy atom. The van der Waals surface area contributed by atoms with Crippen LogP contribution in [0.4, 0.5) is 5.82 Å². The third-order valence-electron chi connectivity index (χ3n) is 8.21. The quantitative estimate of drug-likeness (QED) is 0.294. The zero-order chi connectivity index (χ0) is 26.3. The second kappa shape index (κ2) is 10.3. The molecule has 0 atom stereocenters. The number of morpholine rings is 1. The van der Waals surface area contributed by atoms with Gasteiger partial charge >= 0.3 is 0 Å². The second-order valence-corrected chi connectivity index (χ2v) is 11.4. The Morgan fingerprint density at radius 3 is 2.62 bits per heavy atom. The highest BCUT2D eigenvalue weighted by atomic mass is 79.9.